The zero-order valence-corrected chi connectivity index (χ0v) is 24.6. The zero-order chi connectivity index (χ0) is 24.3. The second-order valence-electron chi connectivity index (χ2n) is 12.6. The molecule has 0 saturated heterocycles. The molecule has 0 radical (unpaired) electrons. The summed E-state index contributed by atoms with van der Waals surface area (Å²) in [6.07, 6.45) is 6.02. The Hall–Kier alpha value is 0.790. The Bertz CT molecular complexity index is 822. The van der Waals surface area contributed by atoms with E-state index in [1.807, 2.05) is 0 Å². The quantitative estimate of drug-likeness (QED) is 0.356. The van der Waals surface area contributed by atoms with Gasteiger partial charge < -0.3 is 19.9 Å². The summed E-state index contributed by atoms with van der Waals surface area (Å²) in [6.45, 7) is 8.88. The number of rotatable bonds is 6. The van der Waals surface area contributed by atoms with E-state index < -0.39 is 22.3 Å². The van der Waals surface area contributed by atoms with Crippen LogP contribution in [0.3, 0.4) is 0 Å². The summed E-state index contributed by atoms with van der Waals surface area (Å²) >= 11 is 0. The first-order valence-electron chi connectivity index (χ1n) is 13.3. The maximum absolute atomic E-state index is 11.7. The molecule has 0 heterocycles. The Morgan fingerprint density at radius 2 is 1.71 bits per heavy atom. The van der Waals surface area contributed by atoms with Gasteiger partial charge in [-0.2, -0.15) is 0 Å². The van der Waals surface area contributed by atoms with E-state index in [1.165, 1.54) is 0 Å². The minimum absolute atomic E-state index is 0. The molecule has 12 atom stereocenters. The molecule has 0 aromatic heterocycles. The molecule has 8 heteroatoms. The van der Waals surface area contributed by atoms with Crippen LogP contribution in [0.5, 0.6) is 0 Å². The zero-order valence-electron chi connectivity index (χ0n) is 21.8. The number of fused-ring (bicyclic) bond motifs is 5. The van der Waals surface area contributed by atoms with E-state index >= 15 is 0 Å². The molecule has 6 nitrogen and oxygen atoms in total. The average Bonchev–Trinajstić information content (AvgIpc) is 3.08. The summed E-state index contributed by atoms with van der Waals surface area (Å²) in [6, 6.07) is 0. The van der Waals surface area contributed by atoms with Crippen LogP contribution in [0.1, 0.15) is 85.5 Å². The van der Waals surface area contributed by atoms with Crippen molar-refractivity contribution in [3.05, 3.63) is 0 Å². The van der Waals surface area contributed by atoms with Gasteiger partial charge >= 0.3 is 29.6 Å². The molecule has 34 heavy (non-hydrogen) atoms. The summed E-state index contributed by atoms with van der Waals surface area (Å²) < 4.78 is 33.2. The van der Waals surface area contributed by atoms with Gasteiger partial charge in [0, 0.05) is 5.75 Å². The molecule has 3 N–H and O–H groups in total. The molecule has 4 aliphatic carbocycles. The van der Waals surface area contributed by atoms with E-state index in [0.29, 0.717) is 25.2 Å². The molecular formula is C26H45NaO6S. The molecule has 4 fully saturated rings. The fourth-order valence-corrected chi connectivity index (χ4v) is 10.2. The minimum atomic E-state index is -4.20. The maximum Gasteiger partial charge on any atom is 1.00 e. The van der Waals surface area contributed by atoms with Crippen LogP contribution >= 0.6 is 0 Å². The summed E-state index contributed by atoms with van der Waals surface area (Å²) in [4.78, 5) is 0. The second kappa shape index (κ2) is 10.5. The molecule has 0 spiro atoms. The first-order chi connectivity index (χ1) is 15.3. The smallest absolute Gasteiger partial charge is 0.748 e. The fourth-order valence-electron chi connectivity index (χ4n) is 9.67. The Labute approximate surface area is 228 Å². The van der Waals surface area contributed by atoms with Crippen LogP contribution in [0.2, 0.25) is 0 Å². The van der Waals surface area contributed by atoms with Crippen LogP contribution in [0, 0.1) is 52.3 Å². The van der Waals surface area contributed by atoms with Crippen LogP contribution in [-0.4, -0.2) is 52.4 Å². The number of aliphatic hydroxyl groups is 3. The van der Waals surface area contributed by atoms with Crippen molar-refractivity contribution in [1.29, 1.82) is 0 Å². The molecule has 0 bridgehead atoms. The van der Waals surface area contributed by atoms with Crippen molar-refractivity contribution in [2.75, 3.05) is 5.75 Å². The number of hydrogen-bond acceptors (Lipinski definition) is 6. The van der Waals surface area contributed by atoms with E-state index in [0.717, 1.165) is 38.5 Å². The van der Waals surface area contributed by atoms with Gasteiger partial charge in [0.25, 0.3) is 0 Å². The fraction of sp³-hybridized carbons (Fsp3) is 1.00. The topological polar surface area (TPSA) is 118 Å². The van der Waals surface area contributed by atoms with Crippen molar-refractivity contribution in [1.82, 2.24) is 0 Å². The second-order valence-corrected chi connectivity index (χ2v) is 14.1. The molecule has 0 aromatic carbocycles. The first-order valence-corrected chi connectivity index (χ1v) is 14.9. The van der Waals surface area contributed by atoms with Crippen molar-refractivity contribution in [2.45, 2.75) is 104 Å². The summed E-state index contributed by atoms with van der Waals surface area (Å²) in [7, 11) is -4.20. The van der Waals surface area contributed by atoms with Gasteiger partial charge in [0.05, 0.1) is 28.4 Å². The van der Waals surface area contributed by atoms with Gasteiger partial charge in [-0.1, -0.05) is 34.1 Å². The Balaban J connectivity index is 0.00000324. The van der Waals surface area contributed by atoms with Crippen molar-refractivity contribution >= 4 is 10.1 Å². The SMILES string of the molecule is CC[C@H]1[C@@H](O)C2C3CC[C@H]([C@H](C)CCCS(=O)(=O)[O-])[C@@]3(C)[C@@H](O)CC2[C@@]2(C)CC[C@@H](O)C[C@@H]12.[Na+]. The Morgan fingerprint density at radius 3 is 2.32 bits per heavy atom. The molecule has 4 rings (SSSR count). The normalized spacial score (nSPS) is 49.4. The van der Waals surface area contributed by atoms with Crippen molar-refractivity contribution < 1.29 is 57.8 Å². The molecule has 4 aliphatic rings. The summed E-state index contributed by atoms with van der Waals surface area (Å²) in [5.41, 5.74) is -0.258. The summed E-state index contributed by atoms with van der Waals surface area (Å²) in [5, 5.41) is 33.8. The number of hydrogen-bond donors (Lipinski definition) is 3. The van der Waals surface area contributed by atoms with Crippen LogP contribution in [0.15, 0.2) is 0 Å². The maximum atomic E-state index is 11.7. The van der Waals surface area contributed by atoms with Crippen molar-refractivity contribution in [2.24, 2.45) is 52.3 Å². The van der Waals surface area contributed by atoms with Gasteiger partial charge in [-0.05, 0) is 104 Å². The van der Waals surface area contributed by atoms with Crippen LogP contribution in [0.25, 0.3) is 0 Å². The predicted octanol–water partition coefficient (Wildman–Crippen LogP) is 0.549. The third-order valence-electron chi connectivity index (χ3n) is 11.3. The van der Waals surface area contributed by atoms with E-state index in [4.69, 9.17) is 0 Å². The predicted molar refractivity (Wildman–Crippen MR) is 126 cm³/mol. The van der Waals surface area contributed by atoms with Crippen LogP contribution < -0.4 is 29.6 Å². The molecule has 3 unspecified atom stereocenters. The van der Waals surface area contributed by atoms with Gasteiger partial charge in [-0.3, -0.25) is 0 Å². The van der Waals surface area contributed by atoms with Crippen molar-refractivity contribution in [3.8, 4) is 0 Å². The van der Waals surface area contributed by atoms with Crippen LogP contribution in [-0.2, 0) is 10.1 Å². The van der Waals surface area contributed by atoms with E-state index in [9.17, 15) is 28.3 Å². The standard InChI is InChI=1S/C26H46O6S.Na/c1-5-17-20-13-16(27)10-11-25(20,3)21-14-22(28)26(4)18(8-9-19(26)23(21)24(17)29)15(2)7-6-12-33(30,31)32;/h15-24,27-29H,5-14H2,1-4H3,(H,30,31,32);/q;+1/p-1/t15-,16-,17-,18-,19?,20+,21?,22+,23?,24-,25+,26-;/m1./s1. The first kappa shape index (κ1) is 29.3. The third kappa shape index (κ3) is 4.83. The van der Waals surface area contributed by atoms with Gasteiger partial charge in [-0.25, -0.2) is 8.42 Å². The van der Waals surface area contributed by atoms with Gasteiger partial charge in [0.1, 0.15) is 0 Å². The molecule has 0 aromatic rings. The van der Waals surface area contributed by atoms with Gasteiger partial charge in [-0.15, -0.1) is 0 Å². The molecular weight excluding hydrogens is 463 g/mol. The molecule has 4 saturated carbocycles. The van der Waals surface area contributed by atoms with Crippen molar-refractivity contribution in [3.63, 3.8) is 0 Å². The van der Waals surface area contributed by atoms with E-state index in [1.54, 1.807) is 0 Å². The average molecular weight is 509 g/mol. The molecule has 0 amide bonds. The van der Waals surface area contributed by atoms with E-state index in [-0.39, 0.29) is 87.8 Å². The Kier molecular flexibility index (Phi) is 9.07. The Morgan fingerprint density at radius 1 is 1.03 bits per heavy atom. The molecule has 192 valence electrons. The largest absolute Gasteiger partial charge is 1.00 e. The molecule has 0 aliphatic heterocycles. The number of aliphatic hydroxyl groups excluding tert-OH is 3. The van der Waals surface area contributed by atoms with Gasteiger partial charge in [0.2, 0.25) is 0 Å². The van der Waals surface area contributed by atoms with Gasteiger partial charge in [0.15, 0.2) is 0 Å². The monoisotopic (exact) mass is 508 g/mol. The minimum Gasteiger partial charge on any atom is -0.748 e. The third-order valence-corrected chi connectivity index (χ3v) is 12.1. The summed E-state index contributed by atoms with van der Waals surface area (Å²) in [5.74, 6) is 1.33. The van der Waals surface area contributed by atoms with Crippen LogP contribution in [0.4, 0.5) is 0 Å². The van der Waals surface area contributed by atoms with E-state index in [2.05, 4.69) is 27.7 Å².